The zero-order chi connectivity index (χ0) is 48.1. The van der Waals surface area contributed by atoms with Gasteiger partial charge in [0, 0.05) is 32.9 Å². The predicted molar refractivity (Wildman–Crippen MR) is 305 cm³/mol. The SMILES string of the molecule is C=C/C=C(\C=C)c1c(C(/C=C\C)=C/C)c(-c2ccc(-n3c4ccccc4c4ccccc43)cc2)c(-c2ccccc2)c(-c2ccccc2)c1-c1ccc(-n2c3ccccc3c3ccccc32)cc1.CC. The van der Waals surface area contributed by atoms with E-state index in [4.69, 9.17) is 0 Å². The Hall–Kier alpha value is -8.72. The molecule has 11 rings (SSSR count). The normalized spacial score (nSPS) is 11.9. The summed E-state index contributed by atoms with van der Waals surface area (Å²) in [4.78, 5) is 0. The van der Waals surface area contributed by atoms with E-state index >= 15 is 0 Å². The predicted octanol–water partition coefficient (Wildman–Crippen LogP) is 19.3. The third-order valence-electron chi connectivity index (χ3n) is 13.4. The van der Waals surface area contributed by atoms with Gasteiger partial charge in [0.1, 0.15) is 0 Å². The highest BCUT2D eigenvalue weighted by molar-refractivity contribution is 6.14. The van der Waals surface area contributed by atoms with Crippen LogP contribution < -0.4 is 0 Å². The molecule has 0 bridgehead atoms. The van der Waals surface area contributed by atoms with Crippen molar-refractivity contribution >= 4 is 54.8 Å². The van der Waals surface area contributed by atoms with E-state index in [0.717, 1.165) is 78.2 Å². The third kappa shape index (κ3) is 7.74. The molecule has 0 fully saturated rings. The minimum absolute atomic E-state index is 0.986. The van der Waals surface area contributed by atoms with Crippen molar-refractivity contribution < 1.29 is 0 Å². The second kappa shape index (κ2) is 19.9. The van der Waals surface area contributed by atoms with E-state index in [2.05, 4.69) is 267 Å². The summed E-state index contributed by atoms with van der Waals surface area (Å²) in [6.45, 7) is 17.0. The standard InChI is InChI=1S/C66H50N2.C2H6/c1-5-23-45(7-3)61-62(46(8-4)24-6-2)66(50-39-43-52(44-40-50)68-59-35-21-17-31-55(59)56-32-18-22-36-60(56)68)64(48-27-13-10-14-28-48)63(47-25-11-9-12-26-47)65(61)49-37-41-51(42-38-49)67-57-33-19-15-29-53(57)54-30-16-20-34-58(54)67;1-2/h5-44H,1,3H2,2,4H3;1-2H3/b24-6-,45-23+,46-8+;. The van der Waals surface area contributed by atoms with Gasteiger partial charge in [0.15, 0.2) is 0 Å². The van der Waals surface area contributed by atoms with E-state index < -0.39 is 0 Å². The van der Waals surface area contributed by atoms with Crippen molar-refractivity contribution in [3.05, 3.63) is 267 Å². The molecule has 0 atom stereocenters. The minimum atomic E-state index is 0.986. The lowest BCUT2D eigenvalue weighted by molar-refractivity contribution is 1.18. The molecule has 0 N–H and O–H groups in total. The van der Waals surface area contributed by atoms with Crippen LogP contribution in [0.1, 0.15) is 38.8 Å². The van der Waals surface area contributed by atoms with E-state index in [0.29, 0.717) is 0 Å². The molecule has 2 heteroatoms. The number of hydrogen-bond acceptors (Lipinski definition) is 0. The van der Waals surface area contributed by atoms with Crippen LogP contribution in [0.25, 0.3) is 111 Å². The molecule has 2 heterocycles. The van der Waals surface area contributed by atoms with Crippen LogP contribution in [0.4, 0.5) is 0 Å². The summed E-state index contributed by atoms with van der Waals surface area (Å²) >= 11 is 0. The van der Waals surface area contributed by atoms with E-state index in [1.807, 2.05) is 26.0 Å². The molecule has 0 unspecified atom stereocenters. The molecule has 0 spiro atoms. The maximum atomic E-state index is 4.48. The van der Waals surface area contributed by atoms with Crippen LogP contribution in [0.5, 0.6) is 0 Å². The highest BCUT2D eigenvalue weighted by Crippen LogP contribution is 2.54. The largest absolute Gasteiger partial charge is 0.309 e. The molecule has 0 aliphatic rings. The first kappa shape index (κ1) is 45.1. The lowest BCUT2D eigenvalue weighted by Crippen LogP contribution is -2.06. The van der Waals surface area contributed by atoms with E-state index in [1.165, 1.54) is 43.6 Å². The van der Waals surface area contributed by atoms with Crippen molar-refractivity contribution in [3.8, 4) is 55.9 Å². The Labute approximate surface area is 412 Å². The number of aromatic nitrogens is 2. The van der Waals surface area contributed by atoms with Gasteiger partial charge in [-0.25, -0.2) is 0 Å². The number of para-hydroxylation sites is 4. The smallest absolute Gasteiger partial charge is 0.0541 e. The quantitative estimate of drug-likeness (QED) is 0.115. The Kier molecular flexibility index (Phi) is 12.8. The van der Waals surface area contributed by atoms with E-state index in [1.54, 1.807) is 0 Å². The first-order valence-corrected chi connectivity index (χ1v) is 24.4. The minimum Gasteiger partial charge on any atom is -0.309 e. The van der Waals surface area contributed by atoms with Crippen LogP contribution in [0.15, 0.2) is 256 Å². The van der Waals surface area contributed by atoms with Gasteiger partial charge in [-0.05, 0) is 129 Å². The number of allylic oxidation sites excluding steroid dienone is 8. The number of fused-ring (bicyclic) bond motifs is 6. The average Bonchev–Trinajstić information content (AvgIpc) is 3.95. The second-order valence-corrected chi connectivity index (χ2v) is 17.1. The summed E-state index contributed by atoms with van der Waals surface area (Å²) in [6, 6.07) is 75.0. The number of rotatable bonds is 11. The molecule has 338 valence electrons. The molecule has 0 aliphatic heterocycles. The molecule has 2 nitrogen and oxygen atoms in total. The van der Waals surface area contributed by atoms with Crippen molar-refractivity contribution in [2.75, 3.05) is 0 Å². The zero-order valence-electron chi connectivity index (χ0n) is 40.4. The molecule has 9 aromatic carbocycles. The summed E-state index contributed by atoms with van der Waals surface area (Å²) in [5.41, 5.74) is 20.3. The number of nitrogens with zero attached hydrogens (tertiary/aromatic N) is 2. The van der Waals surface area contributed by atoms with Crippen LogP contribution >= 0.6 is 0 Å². The average molecular weight is 901 g/mol. The zero-order valence-corrected chi connectivity index (χ0v) is 40.4. The summed E-state index contributed by atoms with van der Waals surface area (Å²) in [5.74, 6) is 0. The Morgan fingerprint density at radius 2 is 0.700 bits per heavy atom. The van der Waals surface area contributed by atoms with Crippen LogP contribution in [-0.2, 0) is 0 Å². The van der Waals surface area contributed by atoms with Gasteiger partial charge < -0.3 is 9.13 Å². The molecule has 70 heavy (non-hydrogen) atoms. The van der Waals surface area contributed by atoms with Crippen molar-refractivity contribution in [2.45, 2.75) is 27.7 Å². The van der Waals surface area contributed by atoms with Gasteiger partial charge in [0.2, 0.25) is 0 Å². The van der Waals surface area contributed by atoms with Crippen LogP contribution in [0.2, 0.25) is 0 Å². The first-order valence-electron chi connectivity index (χ1n) is 24.4. The molecule has 0 saturated heterocycles. The fourth-order valence-electron chi connectivity index (χ4n) is 10.5. The molecule has 0 amide bonds. The van der Waals surface area contributed by atoms with Crippen molar-refractivity contribution in [1.29, 1.82) is 0 Å². The summed E-state index contributed by atoms with van der Waals surface area (Å²) in [7, 11) is 0. The highest BCUT2D eigenvalue weighted by Gasteiger charge is 2.30. The summed E-state index contributed by atoms with van der Waals surface area (Å²) in [5, 5.41) is 4.97. The lowest BCUT2D eigenvalue weighted by atomic mass is 9.73. The van der Waals surface area contributed by atoms with Crippen LogP contribution in [0, 0.1) is 0 Å². The second-order valence-electron chi connectivity index (χ2n) is 17.1. The molecule has 2 aromatic heterocycles. The topological polar surface area (TPSA) is 9.86 Å². The molecule has 0 aliphatic carbocycles. The Morgan fingerprint density at radius 1 is 0.371 bits per heavy atom. The molecule has 11 aromatic rings. The maximum Gasteiger partial charge on any atom is 0.0541 e. The van der Waals surface area contributed by atoms with Gasteiger partial charge in [-0.15, -0.1) is 0 Å². The molecule has 0 saturated carbocycles. The van der Waals surface area contributed by atoms with Crippen molar-refractivity contribution in [1.82, 2.24) is 9.13 Å². The Morgan fingerprint density at radius 3 is 1.03 bits per heavy atom. The van der Waals surface area contributed by atoms with Crippen LogP contribution in [-0.4, -0.2) is 9.13 Å². The van der Waals surface area contributed by atoms with Gasteiger partial charge in [0.25, 0.3) is 0 Å². The lowest BCUT2D eigenvalue weighted by Gasteiger charge is -2.29. The van der Waals surface area contributed by atoms with Gasteiger partial charge in [0.05, 0.1) is 22.1 Å². The molecular formula is C68H56N2. The fourth-order valence-corrected chi connectivity index (χ4v) is 10.5. The monoisotopic (exact) mass is 900 g/mol. The number of benzene rings is 9. The first-order chi connectivity index (χ1) is 34.6. The van der Waals surface area contributed by atoms with E-state index in [-0.39, 0.29) is 0 Å². The highest BCUT2D eigenvalue weighted by atomic mass is 15.0. The fraction of sp³-hybridized carbons (Fsp3) is 0.0588. The van der Waals surface area contributed by atoms with Crippen molar-refractivity contribution in [3.63, 3.8) is 0 Å². The van der Waals surface area contributed by atoms with Gasteiger partial charge in [-0.3, -0.25) is 0 Å². The molecule has 0 radical (unpaired) electrons. The maximum absolute atomic E-state index is 4.48. The van der Waals surface area contributed by atoms with Crippen molar-refractivity contribution in [2.24, 2.45) is 0 Å². The summed E-state index contributed by atoms with van der Waals surface area (Å²) in [6.07, 6.45) is 12.6. The Balaban J connectivity index is 0.00000280. The van der Waals surface area contributed by atoms with Crippen LogP contribution in [0.3, 0.4) is 0 Å². The van der Waals surface area contributed by atoms with Gasteiger partial charge in [-0.1, -0.05) is 221 Å². The van der Waals surface area contributed by atoms with Gasteiger partial charge in [-0.2, -0.15) is 0 Å². The summed E-state index contributed by atoms with van der Waals surface area (Å²) < 4.78 is 4.78. The Bertz CT molecular complexity index is 3690. The third-order valence-corrected chi connectivity index (χ3v) is 13.4. The number of hydrogen-bond donors (Lipinski definition) is 0. The molecular weight excluding hydrogens is 845 g/mol. The van der Waals surface area contributed by atoms with E-state index in [9.17, 15) is 0 Å². The van der Waals surface area contributed by atoms with Gasteiger partial charge >= 0.3 is 0 Å².